The Labute approximate surface area is 116 Å². The molecule has 0 amide bonds. The summed E-state index contributed by atoms with van der Waals surface area (Å²) < 4.78 is 13.6. The minimum Gasteiger partial charge on any atom is -0.396 e. The Kier molecular flexibility index (Phi) is 3.41. The monoisotopic (exact) mass is 282 g/mol. The van der Waals surface area contributed by atoms with E-state index in [4.69, 9.17) is 17.3 Å². The molecule has 1 aliphatic heterocycles. The molecule has 1 aromatic carbocycles. The normalized spacial score (nSPS) is 18.3. The molecule has 0 saturated carbocycles. The van der Waals surface area contributed by atoms with Crippen LogP contribution in [-0.4, -0.2) is 10.8 Å². The number of benzene rings is 1. The lowest BCUT2D eigenvalue weighted by atomic mass is 10.1. The molecule has 0 bridgehead atoms. The van der Waals surface area contributed by atoms with Crippen LogP contribution in [0.1, 0.15) is 26.3 Å². The molecule has 0 aliphatic carbocycles. The third-order valence-corrected chi connectivity index (χ3v) is 3.27. The van der Waals surface area contributed by atoms with Gasteiger partial charge < -0.3 is 5.73 Å². The van der Waals surface area contributed by atoms with Crippen LogP contribution in [0.5, 0.6) is 0 Å². The van der Waals surface area contributed by atoms with Gasteiger partial charge in [0.25, 0.3) is 0 Å². The summed E-state index contributed by atoms with van der Waals surface area (Å²) in [5.41, 5.74) is 11.0. The molecule has 1 atom stereocenters. The Morgan fingerprint density at radius 1 is 1.42 bits per heavy atom. The molecule has 6 heteroatoms. The first-order chi connectivity index (χ1) is 8.82. The summed E-state index contributed by atoms with van der Waals surface area (Å²) in [5, 5.41) is 5.78. The van der Waals surface area contributed by atoms with Gasteiger partial charge in [-0.2, -0.15) is 10.2 Å². The van der Waals surface area contributed by atoms with Crippen LogP contribution in [0.3, 0.4) is 0 Å². The number of nitrogens with zero attached hydrogens (tertiary/aromatic N) is 2. The number of rotatable bonds is 2. The van der Waals surface area contributed by atoms with Crippen molar-refractivity contribution in [3.05, 3.63) is 41.4 Å². The number of para-hydroxylation sites is 1. The molecule has 0 spiro atoms. The van der Waals surface area contributed by atoms with E-state index in [0.717, 1.165) is 11.4 Å². The van der Waals surface area contributed by atoms with Crippen molar-refractivity contribution in [2.45, 2.75) is 25.8 Å². The van der Waals surface area contributed by atoms with Crippen LogP contribution in [0.15, 0.2) is 35.1 Å². The number of nitrogens with two attached hydrogens (primary N) is 1. The molecule has 2 rings (SSSR count). The second-order valence-electron chi connectivity index (χ2n) is 4.65. The largest absolute Gasteiger partial charge is 0.396 e. The van der Waals surface area contributed by atoms with E-state index in [1.54, 1.807) is 19.1 Å². The third kappa shape index (κ3) is 2.51. The Bertz CT molecular complexity index is 566. The van der Waals surface area contributed by atoms with Gasteiger partial charge in [-0.15, -0.1) is 0 Å². The number of nitrogen functional groups attached to an aromatic ring is 1. The Morgan fingerprint density at radius 3 is 2.74 bits per heavy atom. The topological polar surface area (TPSA) is 53.6 Å². The van der Waals surface area contributed by atoms with Crippen molar-refractivity contribution in [2.24, 2.45) is 5.10 Å². The number of halogens is 2. The highest BCUT2D eigenvalue weighted by Gasteiger charge is 2.35. The molecule has 0 fully saturated rings. The number of hydrazone groups is 1. The zero-order valence-electron chi connectivity index (χ0n) is 11.0. The third-order valence-electron chi connectivity index (χ3n) is 2.91. The van der Waals surface area contributed by atoms with Gasteiger partial charge in [0.1, 0.15) is 5.82 Å². The Hall–Kier alpha value is -1.75. The summed E-state index contributed by atoms with van der Waals surface area (Å²) in [5.74, 6) is -0.491. The average molecular weight is 283 g/mol. The summed E-state index contributed by atoms with van der Waals surface area (Å²) in [4.78, 5) is -1.09. The molecule has 3 N–H and O–H groups in total. The molecular weight excluding hydrogens is 267 g/mol. The maximum absolute atomic E-state index is 13.6. The van der Waals surface area contributed by atoms with E-state index in [2.05, 4.69) is 10.5 Å². The molecule has 4 nitrogen and oxygen atoms in total. The van der Waals surface area contributed by atoms with Crippen LogP contribution in [0.2, 0.25) is 0 Å². The van der Waals surface area contributed by atoms with Gasteiger partial charge in [-0.3, -0.25) is 5.43 Å². The molecule has 1 aliphatic rings. The van der Waals surface area contributed by atoms with Crippen molar-refractivity contribution in [3.8, 4) is 0 Å². The maximum atomic E-state index is 13.6. The van der Waals surface area contributed by atoms with Gasteiger partial charge in [0, 0.05) is 11.3 Å². The minimum absolute atomic E-state index is 0.0295. The van der Waals surface area contributed by atoms with Crippen molar-refractivity contribution in [1.82, 2.24) is 10.5 Å². The summed E-state index contributed by atoms with van der Waals surface area (Å²) >= 11 is 6.53. The van der Waals surface area contributed by atoms with Gasteiger partial charge in [0.2, 0.25) is 0 Å². The highest BCUT2D eigenvalue weighted by atomic mass is 35.5. The fraction of sp³-hybridized carbons (Fsp3) is 0.308. The minimum atomic E-state index is -1.09. The Balaban J connectivity index is 2.43. The maximum Gasteiger partial charge on any atom is 0.177 e. The van der Waals surface area contributed by atoms with Gasteiger partial charge in [-0.25, -0.2) is 4.39 Å². The zero-order valence-corrected chi connectivity index (χ0v) is 11.8. The van der Waals surface area contributed by atoms with Gasteiger partial charge in [0.15, 0.2) is 5.00 Å². The SMILES string of the molecule is CC1=CC(C)=NN(C(C)(Cl)c2cccc(F)c2N)N1. The molecule has 19 heavy (non-hydrogen) atoms. The fourth-order valence-corrected chi connectivity index (χ4v) is 2.22. The van der Waals surface area contributed by atoms with Crippen molar-refractivity contribution < 1.29 is 4.39 Å². The lowest BCUT2D eigenvalue weighted by molar-refractivity contribution is 0.126. The number of hydrazine groups is 1. The standard InChI is InChI=1S/C13H16ClFN4/c1-8-7-9(2)18-19(17-8)13(3,14)10-5-4-6-11(15)12(10)16/h4-7,17H,16H2,1-3H3. The molecule has 1 heterocycles. The van der Waals surface area contributed by atoms with Crippen molar-refractivity contribution >= 4 is 23.0 Å². The van der Waals surface area contributed by atoms with E-state index in [9.17, 15) is 4.39 Å². The lowest BCUT2D eigenvalue weighted by Gasteiger charge is -2.37. The van der Waals surface area contributed by atoms with Crippen molar-refractivity contribution in [3.63, 3.8) is 0 Å². The number of hydrogen-bond acceptors (Lipinski definition) is 4. The van der Waals surface area contributed by atoms with E-state index in [-0.39, 0.29) is 5.69 Å². The first kappa shape index (κ1) is 13.7. The van der Waals surface area contributed by atoms with Crippen LogP contribution in [-0.2, 0) is 5.00 Å². The predicted molar refractivity (Wildman–Crippen MR) is 75.9 cm³/mol. The number of allylic oxidation sites excluding steroid dienone is 2. The van der Waals surface area contributed by atoms with Gasteiger partial charge >= 0.3 is 0 Å². The second-order valence-corrected chi connectivity index (χ2v) is 5.38. The van der Waals surface area contributed by atoms with Crippen molar-refractivity contribution in [2.75, 3.05) is 5.73 Å². The number of alkyl halides is 1. The Morgan fingerprint density at radius 2 is 2.11 bits per heavy atom. The van der Waals surface area contributed by atoms with Crippen molar-refractivity contribution in [1.29, 1.82) is 0 Å². The van der Waals surface area contributed by atoms with Crippen LogP contribution in [0.4, 0.5) is 10.1 Å². The van der Waals surface area contributed by atoms with Gasteiger partial charge in [0.05, 0.1) is 11.4 Å². The smallest absolute Gasteiger partial charge is 0.177 e. The molecule has 1 unspecified atom stereocenters. The number of nitrogens with one attached hydrogen (secondary N) is 1. The van der Waals surface area contributed by atoms with E-state index >= 15 is 0 Å². The van der Waals surface area contributed by atoms with E-state index < -0.39 is 10.8 Å². The summed E-state index contributed by atoms with van der Waals surface area (Å²) in [7, 11) is 0. The molecule has 0 saturated heterocycles. The van der Waals surface area contributed by atoms with Crippen LogP contribution < -0.4 is 11.2 Å². The van der Waals surface area contributed by atoms with Crippen LogP contribution >= 0.6 is 11.6 Å². The molecule has 0 aromatic heterocycles. The zero-order chi connectivity index (χ0) is 14.2. The highest BCUT2D eigenvalue weighted by molar-refractivity contribution is 6.23. The van der Waals surface area contributed by atoms with Gasteiger partial charge in [-0.05, 0) is 32.9 Å². The van der Waals surface area contributed by atoms with Crippen LogP contribution in [0.25, 0.3) is 0 Å². The van der Waals surface area contributed by atoms with E-state index in [1.165, 1.54) is 11.2 Å². The first-order valence-electron chi connectivity index (χ1n) is 5.86. The highest BCUT2D eigenvalue weighted by Crippen LogP contribution is 2.37. The summed E-state index contributed by atoms with van der Waals surface area (Å²) in [6.45, 7) is 5.47. The van der Waals surface area contributed by atoms with E-state index in [1.807, 2.05) is 19.9 Å². The quantitative estimate of drug-likeness (QED) is 0.498. The number of hydrogen-bond donors (Lipinski definition) is 2. The summed E-state index contributed by atoms with van der Waals surface area (Å²) in [6, 6.07) is 4.56. The molecular formula is C13H16ClFN4. The van der Waals surface area contributed by atoms with Gasteiger partial charge in [-0.1, -0.05) is 23.7 Å². The van der Waals surface area contributed by atoms with Crippen LogP contribution in [0, 0.1) is 5.82 Å². The average Bonchev–Trinajstić information content (AvgIpc) is 2.31. The summed E-state index contributed by atoms with van der Waals surface area (Å²) in [6.07, 6.45) is 1.89. The lowest BCUT2D eigenvalue weighted by Crippen LogP contribution is -2.46. The first-order valence-corrected chi connectivity index (χ1v) is 6.24. The number of anilines is 1. The second kappa shape index (κ2) is 4.74. The fourth-order valence-electron chi connectivity index (χ4n) is 1.97. The predicted octanol–water partition coefficient (Wildman–Crippen LogP) is 2.92. The molecule has 0 radical (unpaired) electrons. The molecule has 102 valence electrons. The van der Waals surface area contributed by atoms with E-state index in [0.29, 0.717) is 5.56 Å². The molecule has 1 aromatic rings.